The first kappa shape index (κ1) is 13.4. The first-order valence-electron chi connectivity index (χ1n) is 6.90. The number of anilines is 2. The molecule has 1 amide bonds. The molecular weight excluding hydrogens is 276 g/mol. The summed E-state index contributed by atoms with van der Waals surface area (Å²) in [5, 5.41) is -0.861. The Kier molecular flexibility index (Phi) is 3.20. The Hall–Kier alpha value is -1.56. The molecule has 1 fully saturated rings. The van der Waals surface area contributed by atoms with Crippen LogP contribution < -0.4 is 10.6 Å². The zero-order valence-electron chi connectivity index (χ0n) is 11.2. The molecule has 1 saturated heterocycles. The second kappa shape index (κ2) is 4.77. The van der Waals surface area contributed by atoms with E-state index in [4.69, 9.17) is 5.73 Å². The SMILES string of the molecule is Nc1ccc2c(c1)CCN2C(=O)C1CCCCS1(=O)=O. The van der Waals surface area contributed by atoms with Crippen LogP contribution in [0.25, 0.3) is 0 Å². The van der Waals surface area contributed by atoms with E-state index in [1.165, 1.54) is 0 Å². The molecule has 0 aromatic heterocycles. The third-order valence-electron chi connectivity index (χ3n) is 4.12. The smallest absolute Gasteiger partial charge is 0.245 e. The largest absolute Gasteiger partial charge is 0.399 e. The first-order chi connectivity index (χ1) is 9.49. The zero-order chi connectivity index (χ0) is 14.3. The molecule has 108 valence electrons. The van der Waals surface area contributed by atoms with Gasteiger partial charge in [0.05, 0.1) is 5.75 Å². The summed E-state index contributed by atoms with van der Waals surface area (Å²) in [6.07, 6.45) is 2.65. The summed E-state index contributed by atoms with van der Waals surface area (Å²) in [4.78, 5) is 14.2. The van der Waals surface area contributed by atoms with Crippen molar-refractivity contribution in [3.05, 3.63) is 23.8 Å². The standard InChI is InChI=1S/C14H18N2O3S/c15-11-4-5-12-10(9-11)6-7-16(12)14(17)13-3-1-2-8-20(13,18)19/h4-5,9,13H,1-3,6-8,15H2. The fourth-order valence-corrected chi connectivity index (χ4v) is 4.91. The maximum Gasteiger partial charge on any atom is 0.245 e. The van der Waals surface area contributed by atoms with Crippen molar-refractivity contribution in [1.82, 2.24) is 0 Å². The maximum atomic E-state index is 12.6. The van der Waals surface area contributed by atoms with Gasteiger partial charge in [-0.15, -0.1) is 0 Å². The van der Waals surface area contributed by atoms with E-state index in [0.29, 0.717) is 25.1 Å². The van der Waals surface area contributed by atoms with Crippen LogP contribution in [-0.2, 0) is 21.1 Å². The predicted octanol–water partition coefficient (Wildman–Crippen LogP) is 1.13. The number of hydrogen-bond acceptors (Lipinski definition) is 4. The molecule has 5 nitrogen and oxygen atoms in total. The van der Waals surface area contributed by atoms with Gasteiger partial charge in [-0.05, 0) is 43.0 Å². The van der Waals surface area contributed by atoms with Crippen molar-refractivity contribution in [3.8, 4) is 0 Å². The number of amides is 1. The molecule has 2 aliphatic rings. The lowest BCUT2D eigenvalue weighted by Gasteiger charge is -2.26. The molecular formula is C14H18N2O3S. The first-order valence-corrected chi connectivity index (χ1v) is 8.62. The normalized spacial score (nSPS) is 24.4. The van der Waals surface area contributed by atoms with Crippen LogP contribution in [0.5, 0.6) is 0 Å². The number of fused-ring (bicyclic) bond motifs is 1. The van der Waals surface area contributed by atoms with Gasteiger partial charge in [-0.25, -0.2) is 8.42 Å². The third-order valence-corrected chi connectivity index (χ3v) is 6.28. The minimum Gasteiger partial charge on any atom is -0.399 e. The van der Waals surface area contributed by atoms with Gasteiger partial charge in [0, 0.05) is 17.9 Å². The lowest BCUT2D eigenvalue weighted by molar-refractivity contribution is -0.118. The van der Waals surface area contributed by atoms with Gasteiger partial charge in [0.1, 0.15) is 5.25 Å². The molecule has 1 aromatic carbocycles. The second-order valence-corrected chi connectivity index (χ2v) is 7.78. The summed E-state index contributed by atoms with van der Waals surface area (Å²) < 4.78 is 24.2. The van der Waals surface area contributed by atoms with Gasteiger partial charge < -0.3 is 10.6 Å². The van der Waals surface area contributed by atoms with Crippen LogP contribution in [0.3, 0.4) is 0 Å². The number of hydrogen-bond donors (Lipinski definition) is 1. The van der Waals surface area contributed by atoms with E-state index in [0.717, 1.165) is 24.1 Å². The van der Waals surface area contributed by atoms with Crippen molar-refractivity contribution in [1.29, 1.82) is 0 Å². The molecule has 6 heteroatoms. The average molecular weight is 294 g/mol. The minimum atomic E-state index is -3.29. The lowest BCUT2D eigenvalue weighted by atomic mass is 10.1. The number of carbonyl (C=O) groups excluding carboxylic acids is 1. The molecule has 2 N–H and O–H groups in total. The average Bonchev–Trinajstić information content (AvgIpc) is 2.80. The van der Waals surface area contributed by atoms with E-state index in [1.807, 2.05) is 12.1 Å². The van der Waals surface area contributed by atoms with Gasteiger partial charge in [0.2, 0.25) is 5.91 Å². The Labute approximate surface area is 118 Å². The molecule has 0 aliphatic carbocycles. The van der Waals surface area contributed by atoms with Gasteiger partial charge in [-0.1, -0.05) is 6.42 Å². The van der Waals surface area contributed by atoms with Crippen LogP contribution in [0.4, 0.5) is 11.4 Å². The van der Waals surface area contributed by atoms with Crippen LogP contribution in [0.15, 0.2) is 18.2 Å². The van der Waals surface area contributed by atoms with Gasteiger partial charge in [0.25, 0.3) is 0 Å². The summed E-state index contributed by atoms with van der Waals surface area (Å²) in [5.74, 6) is -0.139. The van der Waals surface area contributed by atoms with E-state index in [2.05, 4.69) is 0 Å². The Balaban J connectivity index is 1.90. The fraction of sp³-hybridized carbons (Fsp3) is 0.500. The maximum absolute atomic E-state index is 12.6. The molecule has 1 unspecified atom stereocenters. The zero-order valence-corrected chi connectivity index (χ0v) is 12.0. The molecule has 3 rings (SSSR count). The Bertz CT molecular complexity index is 654. The summed E-state index contributed by atoms with van der Waals surface area (Å²) in [7, 11) is -3.29. The van der Waals surface area contributed by atoms with Crippen LogP contribution >= 0.6 is 0 Å². The summed E-state index contributed by atoms with van der Waals surface area (Å²) in [6.45, 7) is 0.545. The van der Waals surface area contributed by atoms with Gasteiger partial charge in [-0.2, -0.15) is 0 Å². The van der Waals surface area contributed by atoms with Crippen LogP contribution in [0, 0.1) is 0 Å². The molecule has 2 aliphatic heterocycles. The predicted molar refractivity (Wildman–Crippen MR) is 78.3 cm³/mol. The highest BCUT2D eigenvalue weighted by Gasteiger charge is 2.39. The number of nitrogen functional groups attached to an aromatic ring is 1. The number of benzene rings is 1. The highest BCUT2D eigenvalue weighted by Crippen LogP contribution is 2.32. The Morgan fingerprint density at radius 1 is 1.30 bits per heavy atom. The van der Waals surface area contributed by atoms with Crippen LogP contribution in [-0.4, -0.2) is 31.9 Å². The van der Waals surface area contributed by atoms with Gasteiger partial charge >= 0.3 is 0 Å². The van der Waals surface area contributed by atoms with Crippen LogP contribution in [0.1, 0.15) is 24.8 Å². The number of nitrogens with two attached hydrogens (primary N) is 1. The summed E-state index contributed by atoms with van der Waals surface area (Å²) >= 11 is 0. The highest BCUT2D eigenvalue weighted by molar-refractivity contribution is 7.92. The summed E-state index contributed by atoms with van der Waals surface area (Å²) in [6, 6.07) is 5.42. The number of nitrogens with zero attached hydrogens (tertiary/aromatic N) is 1. The van der Waals surface area contributed by atoms with Crippen molar-refractivity contribution in [2.24, 2.45) is 0 Å². The summed E-state index contributed by atoms with van der Waals surface area (Å²) in [5.41, 5.74) is 8.24. The lowest BCUT2D eigenvalue weighted by Crippen LogP contribution is -2.44. The van der Waals surface area contributed by atoms with E-state index in [1.54, 1.807) is 11.0 Å². The Morgan fingerprint density at radius 2 is 2.10 bits per heavy atom. The number of rotatable bonds is 1. The van der Waals surface area contributed by atoms with E-state index < -0.39 is 15.1 Å². The monoisotopic (exact) mass is 294 g/mol. The van der Waals surface area contributed by atoms with Gasteiger partial charge in [0.15, 0.2) is 9.84 Å². The minimum absolute atomic E-state index is 0.131. The van der Waals surface area contributed by atoms with Crippen molar-refractivity contribution in [2.45, 2.75) is 30.9 Å². The molecule has 2 heterocycles. The van der Waals surface area contributed by atoms with E-state index in [9.17, 15) is 13.2 Å². The third kappa shape index (κ3) is 2.18. The molecule has 1 aromatic rings. The highest BCUT2D eigenvalue weighted by atomic mass is 32.2. The number of sulfone groups is 1. The number of carbonyl (C=O) groups is 1. The molecule has 1 atom stereocenters. The second-order valence-electron chi connectivity index (χ2n) is 5.48. The van der Waals surface area contributed by atoms with Crippen LogP contribution in [0.2, 0.25) is 0 Å². The molecule has 0 radical (unpaired) electrons. The topological polar surface area (TPSA) is 80.5 Å². The quantitative estimate of drug-likeness (QED) is 0.787. The van der Waals surface area contributed by atoms with Crippen molar-refractivity contribution < 1.29 is 13.2 Å². The molecule has 0 spiro atoms. The molecule has 0 bridgehead atoms. The Morgan fingerprint density at radius 3 is 2.85 bits per heavy atom. The van der Waals surface area contributed by atoms with E-state index in [-0.39, 0.29) is 11.7 Å². The molecule has 20 heavy (non-hydrogen) atoms. The van der Waals surface area contributed by atoms with Crippen molar-refractivity contribution in [3.63, 3.8) is 0 Å². The molecule has 0 saturated carbocycles. The van der Waals surface area contributed by atoms with Gasteiger partial charge in [-0.3, -0.25) is 4.79 Å². The van der Waals surface area contributed by atoms with E-state index >= 15 is 0 Å². The van der Waals surface area contributed by atoms with Crippen molar-refractivity contribution >= 4 is 27.1 Å². The fourth-order valence-electron chi connectivity index (χ4n) is 3.06. The van der Waals surface area contributed by atoms with Crippen molar-refractivity contribution in [2.75, 3.05) is 22.9 Å².